The first-order valence-electron chi connectivity index (χ1n) is 3.50. The van der Waals surface area contributed by atoms with E-state index in [0.29, 0.717) is 0 Å². The van der Waals surface area contributed by atoms with Crippen LogP contribution in [0.4, 0.5) is 9.59 Å². The summed E-state index contributed by atoms with van der Waals surface area (Å²) in [5.41, 5.74) is 0. The van der Waals surface area contributed by atoms with Crippen molar-refractivity contribution in [3.8, 4) is 0 Å². The minimum Gasteiger partial charge on any atom is -0.450 e. The highest BCUT2D eigenvalue weighted by Gasteiger charge is 1.70. The lowest BCUT2D eigenvalue weighted by molar-refractivity contribution is -0.176. The molecule has 0 rings (SSSR count). The highest BCUT2D eigenvalue weighted by Crippen LogP contribution is 1.43. The summed E-state index contributed by atoms with van der Waals surface area (Å²) in [5.74, 6) is 0. The monoisotopic (exact) mass is 218 g/mol. The molecule has 0 aliphatic carbocycles. The molecular weight excluding hydrogens is 200 g/mol. The SMILES string of the molecule is CC.CC.O=C(O)O.O=C(O)O.OO. The van der Waals surface area contributed by atoms with Gasteiger partial charge in [0.15, 0.2) is 0 Å². The third-order valence-corrected chi connectivity index (χ3v) is 0. The first-order chi connectivity index (χ1) is 6.46. The number of hydrogen-bond donors (Lipinski definition) is 6. The van der Waals surface area contributed by atoms with Gasteiger partial charge in [-0.05, 0) is 0 Å². The molecule has 0 amide bonds. The van der Waals surface area contributed by atoms with Crippen LogP contribution >= 0.6 is 0 Å². The molecule has 0 aromatic heterocycles. The molecule has 0 aliphatic heterocycles. The Hall–Kier alpha value is -1.54. The van der Waals surface area contributed by atoms with Crippen molar-refractivity contribution in [3.05, 3.63) is 0 Å². The quantitative estimate of drug-likeness (QED) is 0.267. The van der Waals surface area contributed by atoms with E-state index in [1.165, 1.54) is 0 Å². The van der Waals surface area contributed by atoms with E-state index in [4.69, 9.17) is 40.5 Å². The molecule has 0 unspecified atom stereocenters. The van der Waals surface area contributed by atoms with E-state index in [2.05, 4.69) is 0 Å². The largest absolute Gasteiger partial charge is 0.503 e. The smallest absolute Gasteiger partial charge is 0.450 e. The molecule has 0 atom stereocenters. The molecule has 90 valence electrons. The molecule has 0 aromatic carbocycles. The number of carboxylic acid groups (broad SMARTS) is 4. The maximum Gasteiger partial charge on any atom is 0.503 e. The van der Waals surface area contributed by atoms with Crippen molar-refractivity contribution in [1.82, 2.24) is 0 Å². The van der Waals surface area contributed by atoms with E-state index >= 15 is 0 Å². The van der Waals surface area contributed by atoms with Crippen molar-refractivity contribution < 1.29 is 40.5 Å². The molecule has 0 heterocycles. The zero-order valence-corrected chi connectivity index (χ0v) is 8.50. The van der Waals surface area contributed by atoms with Crippen LogP contribution in [0.2, 0.25) is 0 Å². The van der Waals surface area contributed by atoms with Gasteiger partial charge in [-0.25, -0.2) is 9.59 Å². The summed E-state index contributed by atoms with van der Waals surface area (Å²) in [6, 6.07) is 0. The molecule has 8 nitrogen and oxygen atoms in total. The fraction of sp³-hybridized carbons (Fsp3) is 0.667. The van der Waals surface area contributed by atoms with Crippen molar-refractivity contribution in [2.24, 2.45) is 0 Å². The second kappa shape index (κ2) is 63.0. The molecule has 0 saturated carbocycles. The van der Waals surface area contributed by atoms with Gasteiger partial charge in [0.25, 0.3) is 0 Å². The third kappa shape index (κ3) is 395. The Morgan fingerprint density at radius 3 is 0.643 bits per heavy atom. The van der Waals surface area contributed by atoms with Crippen LogP contribution in [0.25, 0.3) is 0 Å². The van der Waals surface area contributed by atoms with E-state index in [9.17, 15) is 0 Å². The molecule has 0 aliphatic rings. The van der Waals surface area contributed by atoms with Crippen LogP contribution in [0.15, 0.2) is 0 Å². The van der Waals surface area contributed by atoms with E-state index in [1.54, 1.807) is 0 Å². The molecule has 0 radical (unpaired) electrons. The first kappa shape index (κ1) is 29.4. The average molecular weight is 218 g/mol. The van der Waals surface area contributed by atoms with Gasteiger partial charge in [0.2, 0.25) is 0 Å². The molecule has 0 bridgehead atoms. The summed E-state index contributed by atoms with van der Waals surface area (Å²) in [6.07, 6.45) is -3.67. The molecule has 14 heavy (non-hydrogen) atoms. The Bertz CT molecular complexity index is 71.8. The van der Waals surface area contributed by atoms with Crippen LogP contribution in [0, 0.1) is 0 Å². The minimum atomic E-state index is -1.83. The van der Waals surface area contributed by atoms with E-state index in [-0.39, 0.29) is 0 Å². The fourth-order valence-electron chi connectivity index (χ4n) is 0. The number of carbonyl (C=O) groups is 2. The van der Waals surface area contributed by atoms with Gasteiger partial charge >= 0.3 is 12.3 Å². The van der Waals surface area contributed by atoms with Crippen molar-refractivity contribution in [1.29, 1.82) is 0 Å². The third-order valence-electron chi connectivity index (χ3n) is 0. The Morgan fingerprint density at radius 2 is 0.643 bits per heavy atom. The summed E-state index contributed by atoms with van der Waals surface area (Å²) in [5, 5.41) is 39.9. The minimum absolute atomic E-state index is 1.83. The average Bonchev–Trinajstić information content (AvgIpc) is 2.12. The van der Waals surface area contributed by atoms with Crippen LogP contribution in [0.5, 0.6) is 0 Å². The topological polar surface area (TPSA) is 156 Å². The molecular formula is C6H18O8. The van der Waals surface area contributed by atoms with Gasteiger partial charge in [0, 0.05) is 0 Å². The van der Waals surface area contributed by atoms with Crippen LogP contribution in [-0.4, -0.2) is 43.3 Å². The fourth-order valence-corrected chi connectivity index (χ4v) is 0. The zero-order chi connectivity index (χ0) is 13.2. The Balaban J connectivity index is -0.0000000255. The van der Waals surface area contributed by atoms with Gasteiger partial charge in [-0.15, -0.1) is 0 Å². The lowest BCUT2D eigenvalue weighted by Gasteiger charge is -1.60. The summed E-state index contributed by atoms with van der Waals surface area (Å²) < 4.78 is 0. The molecule has 0 saturated heterocycles. The normalized spacial score (nSPS) is 4.71. The molecule has 0 aromatic rings. The van der Waals surface area contributed by atoms with Crippen molar-refractivity contribution in [2.75, 3.05) is 0 Å². The zero-order valence-electron chi connectivity index (χ0n) is 8.50. The van der Waals surface area contributed by atoms with Gasteiger partial charge in [-0.3, -0.25) is 10.5 Å². The summed E-state index contributed by atoms with van der Waals surface area (Å²) in [7, 11) is 0. The second-order valence-corrected chi connectivity index (χ2v) is 0.565. The lowest BCUT2D eigenvalue weighted by Crippen LogP contribution is -1.81. The van der Waals surface area contributed by atoms with E-state index in [1.807, 2.05) is 27.7 Å². The highest BCUT2D eigenvalue weighted by molar-refractivity contribution is 5.53. The van der Waals surface area contributed by atoms with E-state index < -0.39 is 12.3 Å². The van der Waals surface area contributed by atoms with Crippen molar-refractivity contribution >= 4 is 12.3 Å². The molecule has 0 fully saturated rings. The Kier molecular flexibility index (Phi) is 132. The Labute approximate surface area is 81.6 Å². The van der Waals surface area contributed by atoms with Crippen LogP contribution in [0.1, 0.15) is 27.7 Å². The van der Waals surface area contributed by atoms with E-state index in [0.717, 1.165) is 0 Å². The van der Waals surface area contributed by atoms with Crippen LogP contribution in [0.3, 0.4) is 0 Å². The predicted molar refractivity (Wildman–Crippen MR) is 49.3 cm³/mol. The van der Waals surface area contributed by atoms with Gasteiger partial charge in [-0.2, -0.15) is 0 Å². The highest BCUT2D eigenvalue weighted by atomic mass is 17.0. The Morgan fingerprint density at radius 1 is 0.643 bits per heavy atom. The maximum absolute atomic E-state index is 8.56. The first-order valence-corrected chi connectivity index (χ1v) is 3.50. The predicted octanol–water partition coefficient (Wildman–Crippen LogP) is 2.51. The molecule has 6 N–H and O–H groups in total. The summed E-state index contributed by atoms with van der Waals surface area (Å²) in [6.45, 7) is 8.00. The van der Waals surface area contributed by atoms with Crippen molar-refractivity contribution in [2.45, 2.75) is 27.7 Å². The molecule has 0 spiro atoms. The van der Waals surface area contributed by atoms with Gasteiger partial charge in [0.1, 0.15) is 0 Å². The molecule has 8 heteroatoms. The van der Waals surface area contributed by atoms with Gasteiger partial charge in [-0.1, -0.05) is 27.7 Å². The standard InChI is InChI=1S/2C2H6.2CH2O3.H2O2/c2*1-2;2*2-1(3)4;1-2/h2*1-2H3;2*(H2,2,3,4);1-2H. The van der Waals surface area contributed by atoms with Crippen molar-refractivity contribution in [3.63, 3.8) is 0 Å². The number of hydrogen-bond acceptors (Lipinski definition) is 4. The van der Waals surface area contributed by atoms with Crippen LogP contribution < -0.4 is 0 Å². The van der Waals surface area contributed by atoms with Gasteiger partial charge < -0.3 is 20.4 Å². The van der Waals surface area contributed by atoms with Gasteiger partial charge in [0.05, 0.1) is 0 Å². The summed E-state index contributed by atoms with van der Waals surface area (Å²) in [4.78, 5) is 17.1. The summed E-state index contributed by atoms with van der Waals surface area (Å²) >= 11 is 0. The maximum atomic E-state index is 8.56. The number of rotatable bonds is 0. The van der Waals surface area contributed by atoms with Crippen LogP contribution in [-0.2, 0) is 0 Å². The second-order valence-electron chi connectivity index (χ2n) is 0.565. The lowest BCUT2D eigenvalue weighted by atomic mass is 11.0.